The van der Waals surface area contributed by atoms with Gasteiger partial charge in [0.05, 0.1) is 6.61 Å². The monoisotopic (exact) mass is 287 g/mol. The van der Waals surface area contributed by atoms with Crippen molar-refractivity contribution in [2.24, 2.45) is 0 Å². The van der Waals surface area contributed by atoms with Crippen LogP contribution in [-0.4, -0.2) is 7.11 Å². The first kappa shape index (κ1) is 15.7. The van der Waals surface area contributed by atoms with Gasteiger partial charge in [0.25, 0.3) is 0 Å². The highest BCUT2D eigenvalue weighted by Crippen LogP contribution is 2.15. The Labute approximate surface area is 126 Å². The number of benzene rings is 2. The zero-order chi connectivity index (χ0) is 15.2. The van der Waals surface area contributed by atoms with Crippen LogP contribution in [0, 0.1) is 19.7 Å². The number of hydrogen-bond acceptors (Lipinski definition) is 2. The second-order valence-corrected chi connectivity index (χ2v) is 5.35. The number of methoxy groups -OCH3 is 1. The van der Waals surface area contributed by atoms with E-state index in [1.807, 2.05) is 24.3 Å². The Morgan fingerprint density at radius 2 is 1.62 bits per heavy atom. The molecule has 2 aromatic rings. The molecule has 0 saturated heterocycles. The highest BCUT2D eigenvalue weighted by molar-refractivity contribution is 5.31. The molecule has 0 spiro atoms. The predicted octanol–water partition coefficient (Wildman–Crippen LogP) is 3.88. The maximum absolute atomic E-state index is 13.6. The van der Waals surface area contributed by atoms with E-state index in [4.69, 9.17) is 4.74 Å². The van der Waals surface area contributed by atoms with Crippen LogP contribution in [0.3, 0.4) is 0 Å². The van der Waals surface area contributed by atoms with E-state index in [2.05, 4.69) is 17.4 Å². The SMILES string of the molecule is COCc1ccccc1CNCc1cc(C)c(F)c(C)c1. The summed E-state index contributed by atoms with van der Waals surface area (Å²) in [4.78, 5) is 0. The first-order valence-corrected chi connectivity index (χ1v) is 7.14. The fourth-order valence-electron chi connectivity index (χ4n) is 2.51. The van der Waals surface area contributed by atoms with Crippen LogP contribution in [0.5, 0.6) is 0 Å². The zero-order valence-corrected chi connectivity index (χ0v) is 12.9. The van der Waals surface area contributed by atoms with Crippen LogP contribution in [0.15, 0.2) is 36.4 Å². The van der Waals surface area contributed by atoms with Gasteiger partial charge in [0.15, 0.2) is 0 Å². The highest BCUT2D eigenvalue weighted by atomic mass is 19.1. The molecule has 0 saturated carbocycles. The standard InChI is InChI=1S/C18H22FNO/c1-13-8-15(9-14(2)18(13)19)10-20-11-16-6-4-5-7-17(16)12-21-3/h4-9,20H,10-12H2,1-3H3. The van der Waals surface area contributed by atoms with Crippen LogP contribution in [-0.2, 0) is 24.4 Å². The van der Waals surface area contributed by atoms with Gasteiger partial charge >= 0.3 is 0 Å². The molecule has 0 aromatic heterocycles. The Morgan fingerprint density at radius 3 is 2.24 bits per heavy atom. The Morgan fingerprint density at radius 1 is 1.00 bits per heavy atom. The van der Waals surface area contributed by atoms with Crippen molar-refractivity contribution in [2.75, 3.05) is 7.11 Å². The Kier molecular flexibility index (Phi) is 5.48. The van der Waals surface area contributed by atoms with Gasteiger partial charge in [0, 0.05) is 20.2 Å². The third kappa shape index (κ3) is 4.13. The molecule has 0 amide bonds. The van der Waals surface area contributed by atoms with Gasteiger partial charge in [0.1, 0.15) is 5.82 Å². The van der Waals surface area contributed by atoms with Gasteiger partial charge in [-0.2, -0.15) is 0 Å². The van der Waals surface area contributed by atoms with E-state index < -0.39 is 0 Å². The average molecular weight is 287 g/mol. The predicted molar refractivity (Wildman–Crippen MR) is 83.6 cm³/mol. The van der Waals surface area contributed by atoms with E-state index in [1.54, 1.807) is 21.0 Å². The molecule has 0 radical (unpaired) electrons. The molecule has 0 aliphatic rings. The number of hydrogen-bond donors (Lipinski definition) is 1. The lowest BCUT2D eigenvalue weighted by Crippen LogP contribution is -2.14. The van der Waals surface area contributed by atoms with Crippen molar-refractivity contribution in [1.29, 1.82) is 0 Å². The number of ether oxygens (including phenoxy) is 1. The molecule has 2 nitrogen and oxygen atoms in total. The summed E-state index contributed by atoms with van der Waals surface area (Å²) < 4.78 is 18.8. The summed E-state index contributed by atoms with van der Waals surface area (Å²) in [7, 11) is 1.70. The molecule has 0 unspecified atom stereocenters. The maximum Gasteiger partial charge on any atom is 0.129 e. The lowest BCUT2D eigenvalue weighted by molar-refractivity contribution is 0.184. The van der Waals surface area contributed by atoms with E-state index in [0.29, 0.717) is 17.7 Å². The molecule has 0 bridgehead atoms. The minimum atomic E-state index is -0.107. The lowest BCUT2D eigenvalue weighted by Gasteiger charge is -2.11. The topological polar surface area (TPSA) is 21.3 Å². The Hall–Kier alpha value is -1.71. The molecule has 3 heteroatoms. The van der Waals surface area contributed by atoms with E-state index in [-0.39, 0.29) is 5.82 Å². The first-order chi connectivity index (χ1) is 10.1. The largest absolute Gasteiger partial charge is 0.380 e. The quantitative estimate of drug-likeness (QED) is 0.870. The van der Waals surface area contributed by atoms with Gasteiger partial charge < -0.3 is 10.1 Å². The normalized spacial score (nSPS) is 10.9. The molecular formula is C18H22FNO. The van der Waals surface area contributed by atoms with Crippen LogP contribution in [0.4, 0.5) is 4.39 Å². The van der Waals surface area contributed by atoms with Gasteiger partial charge in [-0.3, -0.25) is 0 Å². The van der Waals surface area contributed by atoms with Crippen LogP contribution in [0.25, 0.3) is 0 Å². The second kappa shape index (κ2) is 7.34. The summed E-state index contributed by atoms with van der Waals surface area (Å²) in [6.07, 6.45) is 0. The highest BCUT2D eigenvalue weighted by Gasteiger charge is 2.05. The number of aryl methyl sites for hydroxylation is 2. The van der Waals surface area contributed by atoms with Crippen LogP contribution < -0.4 is 5.32 Å². The molecule has 112 valence electrons. The first-order valence-electron chi connectivity index (χ1n) is 7.14. The maximum atomic E-state index is 13.6. The molecule has 0 aliphatic heterocycles. The molecule has 0 aliphatic carbocycles. The third-order valence-corrected chi connectivity index (χ3v) is 3.56. The molecule has 2 aromatic carbocycles. The van der Waals surface area contributed by atoms with Gasteiger partial charge in [-0.15, -0.1) is 0 Å². The third-order valence-electron chi connectivity index (χ3n) is 3.56. The molecule has 2 rings (SSSR count). The smallest absolute Gasteiger partial charge is 0.129 e. The van der Waals surface area contributed by atoms with Crippen molar-refractivity contribution in [3.8, 4) is 0 Å². The van der Waals surface area contributed by atoms with Gasteiger partial charge in [-0.1, -0.05) is 36.4 Å². The van der Waals surface area contributed by atoms with E-state index in [1.165, 1.54) is 11.1 Å². The van der Waals surface area contributed by atoms with Crippen molar-refractivity contribution < 1.29 is 9.13 Å². The van der Waals surface area contributed by atoms with Crippen molar-refractivity contribution in [3.05, 3.63) is 70.0 Å². The molecule has 1 N–H and O–H groups in total. The Balaban J connectivity index is 1.99. The minimum absolute atomic E-state index is 0.107. The van der Waals surface area contributed by atoms with Gasteiger partial charge in [-0.05, 0) is 41.7 Å². The van der Waals surface area contributed by atoms with Crippen LogP contribution in [0.1, 0.15) is 27.8 Å². The second-order valence-electron chi connectivity index (χ2n) is 5.35. The Bertz CT molecular complexity index is 587. The lowest BCUT2D eigenvalue weighted by atomic mass is 10.1. The van der Waals surface area contributed by atoms with Crippen LogP contribution in [0.2, 0.25) is 0 Å². The molecule has 0 atom stereocenters. The molecular weight excluding hydrogens is 265 g/mol. The van der Waals surface area contributed by atoms with Gasteiger partial charge in [0.2, 0.25) is 0 Å². The van der Waals surface area contributed by atoms with Crippen molar-refractivity contribution in [1.82, 2.24) is 5.32 Å². The number of rotatable bonds is 6. The van der Waals surface area contributed by atoms with E-state index in [0.717, 1.165) is 18.7 Å². The fourth-order valence-corrected chi connectivity index (χ4v) is 2.51. The molecule has 21 heavy (non-hydrogen) atoms. The minimum Gasteiger partial charge on any atom is -0.380 e. The summed E-state index contributed by atoms with van der Waals surface area (Å²) in [5.74, 6) is -0.107. The average Bonchev–Trinajstić information content (AvgIpc) is 2.47. The van der Waals surface area contributed by atoms with Crippen molar-refractivity contribution in [3.63, 3.8) is 0 Å². The van der Waals surface area contributed by atoms with E-state index in [9.17, 15) is 4.39 Å². The summed E-state index contributed by atoms with van der Waals surface area (Å²) in [6, 6.07) is 12.0. The number of halogens is 1. The summed E-state index contributed by atoms with van der Waals surface area (Å²) in [5, 5.41) is 3.41. The summed E-state index contributed by atoms with van der Waals surface area (Å²) in [5.41, 5.74) is 4.93. The summed E-state index contributed by atoms with van der Waals surface area (Å²) >= 11 is 0. The summed E-state index contributed by atoms with van der Waals surface area (Å²) in [6.45, 7) is 5.73. The van der Waals surface area contributed by atoms with Gasteiger partial charge in [-0.25, -0.2) is 4.39 Å². The van der Waals surface area contributed by atoms with Crippen LogP contribution >= 0.6 is 0 Å². The molecule has 0 heterocycles. The van der Waals surface area contributed by atoms with Crippen molar-refractivity contribution in [2.45, 2.75) is 33.5 Å². The molecule has 0 fully saturated rings. The number of nitrogens with one attached hydrogen (secondary N) is 1. The van der Waals surface area contributed by atoms with E-state index >= 15 is 0 Å². The fraction of sp³-hybridized carbons (Fsp3) is 0.333. The van der Waals surface area contributed by atoms with Crippen molar-refractivity contribution >= 4 is 0 Å². The zero-order valence-electron chi connectivity index (χ0n) is 12.9.